The number of rotatable bonds is 5. The summed E-state index contributed by atoms with van der Waals surface area (Å²) in [5, 5.41) is 7.11. The van der Waals surface area contributed by atoms with Crippen LogP contribution in [0.15, 0.2) is 48.7 Å². The fourth-order valence-electron chi connectivity index (χ4n) is 3.88. The Labute approximate surface area is 159 Å². The number of benzene rings is 1. The fraction of sp³-hybridized carbons (Fsp3) is 0.381. The lowest BCUT2D eigenvalue weighted by Gasteiger charge is -2.25. The zero-order valence-electron chi connectivity index (χ0n) is 15.6. The number of aryl methyl sites for hydroxylation is 1. The highest BCUT2D eigenvalue weighted by Gasteiger charge is 2.35. The molecule has 3 aromatic rings. The zero-order chi connectivity index (χ0) is 18.1. The highest BCUT2D eigenvalue weighted by atomic mass is 32.1. The van der Waals surface area contributed by atoms with Gasteiger partial charge in [-0.25, -0.2) is 0 Å². The van der Waals surface area contributed by atoms with Crippen molar-refractivity contribution in [1.82, 2.24) is 20.0 Å². The molecule has 3 heterocycles. The lowest BCUT2D eigenvalue weighted by atomic mass is 9.93. The van der Waals surface area contributed by atoms with Gasteiger partial charge in [0.1, 0.15) is 0 Å². The Morgan fingerprint density at radius 3 is 2.62 bits per heavy atom. The normalized spacial score (nSPS) is 20.9. The number of thiophene rings is 1. The van der Waals surface area contributed by atoms with Gasteiger partial charge in [0.05, 0.1) is 10.6 Å². The molecule has 1 N–H and O–H groups in total. The van der Waals surface area contributed by atoms with Crippen LogP contribution in [0.5, 0.6) is 0 Å². The van der Waals surface area contributed by atoms with Crippen LogP contribution in [0, 0.1) is 6.92 Å². The van der Waals surface area contributed by atoms with Gasteiger partial charge < -0.3 is 4.90 Å². The number of likely N-dealkylation sites (N-methyl/N-ethyl adjacent to an activating group) is 1. The van der Waals surface area contributed by atoms with E-state index < -0.39 is 0 Å². The van der Waals surface area contributed by atoms with E-state index in [1.165, 1.54) is 20.9 Å². The van der Waals surface area contributed by atoms with Crippen molar-refractivity contribution in [2.24, 2.45) is 0 Å². The predicted molar refractivity (Wildman–Crippen MR) is 109 cm³/mol. The Morgan fingerprint density at radius 1 is 1.12 bits per heavy atom. The molecule has 0 saturated carbocycles. The fourth-order valence-corrected chi connectivity index (χ4v) is 4.91. The SMILES string of the molecule is Cc1ccc(C2CN(Cc3ccc(-c4ccn[nH]4)s3)CC2N(C)C)cc1. The topological polar surface area (TPSA) is 35.2 Å². The summed E-state index contributed by atoms with van der Waals surface area (Å²) in [5.41, 5.74) is 3.89. The van der Waals surface area contributed by atoms with Crippen LogP contribution in [-0.2, 0) is 6.54 Å². The third-order valence-corrected chi connectivity index (χ3v) is 6.44. The van der Waals surface area contributed by atoms with Crippen molar-refractivity contribution in [2.45, 2.75) is 25.4 Å². The Morgan fingerprint density at radius 2 is 1.92 bits per heavy atom. The first-order valence-electron chi connectivity index (χ1n) is 9.14. The van der Waals surface area contributed by atoms with Crippen LogP contribution in [0.3, 0.4) is 0 Å². The molecule has 26 heavy (non-hydrogen) atoms. The second-order valence-electron chi connectivity index (χ2n) is 7.48. The maximum Gasteiger partial charge on any atom is 0.0749 e. The third-order valence-electron chi connectivity index (χ3n) is 5.34. The molecule has 2 atom stereocenters. The van der Waals surface area contributed by atoms with Gasteiger partial charge in [-0.05, 0) is 44.8 Å². The first-order valence-corrected chi connectivity index (χ1v) is 9.95. The van der Waals surface area contributed by atoms with Gasteiger partial charge in [-0.2, -0.15) is 5.10 Å². The minimum absolute atomic E-state index is 0.560. The predicted octanol–water partition coefficient (Wildman–Crippen LogP) is 3.98. The summed E-state index contributed by atoms with van der Waals surface area (Å²) >= 11 is 1.86. The summed E-state index contributed by atoms with van der Waals surface area (Å²) in [5.74, 6) is 0.567. The van der Waals surface area contributed by atoms with Crippen LogP contribution in [0.1, 0.15) is 21.9 Å². The van der Waals surface area contributed by atoms with E-state index in [0.717, 1.165) is 25.3 Å². The monoisotopic (exact) mass is 366 g/mol. The summed E-state index contributed by atoms with van der Waals surface area (Å²) < 4.78 is 0. The summed E-state index contributed by atoms with van der Waals surface area (Å²) in [6.07, 6.45) is 1.81. The summed E-state index contributed by atoms with van der Waals surface area (Å²) in [6.45, 7) is 5.40. The standard InChI is InChI=1S/C21H26N4S/c1-15-4-6-16(7-5-15)18-13-25(14-20(18)24(2)3)12-17-8-9-21(26-17)19-10-11-22-23-19/h4-11,18,20H,12-14H2,1-3H3,(H,22,23). The molecule has 1 saturated heterocycles. The summed E-state index contributed by atoms with van der Waals surface area (Å²) in [4.78, 5) is 7.65. The van der Waals surface area contributed by atoms with E-state index in [9.17, 15) is 0 Å². The molecular formula is C21H26N4S. The molecule has 2 aromatic heterocycles. The van der Waals surface area contributed by atoms with Crippen LogP contribution in [0.25, 0.3) is 10.6 Å². The van der Waals surface area contributed by atoms with Crippen molar-refractivity contribution < 1.29 is 0 Å². The highest BCUT2D eigenvalue weighted by molar-refractivity contribution is 7.15. The molecule has 0 radical (unpaired) electrons. The van der Waals surface area contributed by atoms with Crippen molar-refractivity contribution in [3.05, 3.63) is 64.7 Å². The van der Waals surface area contributed by atoms with Gasteiger partial charge in [0.15, 0.2) is 0 Å². The average molecular weight is 367 g/mol. The summed E-state index contributed by atoms with van der Waals surface area (Å²) in [6, 6.07) is 16.1. The molecule has 4 nitrogen and oxygen atoms in total. The van der Waals surface area contributed by atoms with Crippen LogP contribution in [0.2, 0.25) is 0 Å². The molecule has 1 aliphatic heterocycles. The van der Waals surface area contributed by atoms with Crippen molar-refractivity contribution >= 4 is 11.3 Å². The molecule has 0 aliphatic carbocycles. The van der Waals surface area contributed by atoms with E-state index in [-0.39, 0.29) is 0 Å². The van der Waals surface area contributed by atoms with Crippen molar-refractivity contribution in [3.8, 4) is 10.6 Å². The van der Waals surface area contributed by atoms with Gasteiger partial charge in [0.25, 0.3) is 0 Å². The maximum atomic E-state index is 4.06. The molecule has 4 rings (SSSR count). The van der Waals surface area contributed by atoms with E-state index in [1.807, 2.05) is 23.6 Å². The molecule has 2 unspecified atom stereocenters. The molecule has 1 fully saturated rings. The smallest absolute Gasteiger partial charge is 0.0749 e. The Bertz CT molecular complexity index is 835. The lowest BCUT2D eigenvalue weighted by Crippen LogP contribution is -2.34. The van der Waals surface area contributed by atoms with Gasteiger partial charge in [-0.15, -0.1) is 11.3 Å². The number of aromatic nitrogens is 2. The Kier molecular flexibility index (Phi) is 4.94. The molecule has 5 heteroatoms. The second-order valence-corrected chi connectivity index (χ2v) is 8.65. The number of nitrogens with zero attached hydrogens (tertiary/aromatic N) is 3. The summed E-state index contributed by atoms with van der Waals surface area (Å²) in [7, 11) is 4.41. The van der Waals surface area contributed by atoms with Crippen LogP contribution in [-0.4, -0.2) is 53.2 Å². The number of hydrogen-bond acceptors (Lipinski definition) is 4. The molecule has 1 aromatic carbocycles. The van der Waals surface area contributed by atoms with Crippen molar-refractivity contribution in [1.29, 1.82) is 0 Å². The lowest BCUT2D eigenvalue weighted by molar-refractivity contribution is 0.260. The molecule has 0 spiro atoms. The number of aromatic amines is 1. The molecular weight excluding hydrogens is 340 g/mol. The van der Waals surface area contributed by atoms with Gasteiger partial charge >= 0.3 is 0 Å². The molecule has 0 bridgehead atoms. The minimum atomic E-state index is 0.560. The largest absolute Gasteiger partial charge is 0.305 e. The first kappa shape index (κ1) is 17.5. The maximum absolute atomic E-state index is 4.06. The van der Waals surface area contributed by atoms with Crippen molar-refractivity contribution in [3.63, 3.8) is 0 Å². The van der Waals surface area contributed by atoms with Crippen molar-refractivity contribution in [2.75, 3.05) is 27.2 Å². The highest BCUT2D eigenvalue weighted by Crippen LogP contribution is 2.33. The average Bonchev–Trinajstić information content (AvgIpc) is 3.36. The zero-order valence-corrected chi connectivity index (χ0v) is 16.5. The first-order chi connectivity index (χ1) is 12.6. The van der Waals surface area contributed by atoms with Crippen LogP contribution < -0.4 is 0 Å². The van der Waals surface area contributed by atoms with E-state index in [4.69, 9.17) is 0 Å². The second kappa shape index (κ2) is 7.35. The Hall–Kier alpha value is -1.95. The van der Waals surface area contributed by atoms with E-state index >= 15 is 0 Å². The van der Waals surface area contributed by atoms with E-state index in [1.54, 1.807) is 0 Å². The number of hydrogen-bond donors (Lipinski definition) is 1. The van der Waals surface area contributed by atoms with Crippen LogP contribution >= 0.6 is 11.3 Å². The Balaban J connectivity index is 1.49. The quantitative estimate of drug-likeness (QED) is 0.742. The molecule has 0 amide bonds. The van der Waals surface area contributed by atoms with Crippen LogP contribution in [0.4, 0.5) is 0 Å². The van der Waals surface area contributed by atoms with Gasteiger partial charge in [0, 0.05) is 42.7 Å². The minimum Gasteiger partial charge on any atom is -0.305 e. The van der Waals surface area contributed by atoms with Gasteiger partial charge in [0.2, 0.25) is 0 Å². The number of nitrogens with one attached hydrogen (secondary N) is 1. The molecule has 1 aliphatic rings. The third kappa shape index (κ3) is 3.61. The number of likely N-dealkylation sites (tertiary alicyclic amines) is 1. The van der Waals surface area contributed by atoms with E-state index in [0.29, 0.717) is 12.0 Å². The van der Waals surface area contributed by atoms with Gasteiger partial charge in [-0.1, -0.05) is 29.8 Å². The van der Waals surface area contributed by atoms with Gasteiger partial charge in [-0.3, -0.25) is 10.00 Å². The number of H-pyrrole nitrogens is 1. The van der Waals surface area contributed by atoms with E-state index in [2.05, 4.69) is 77.4 Å². The molecule has 136 valence electrons.